The lowest BCUT2D eigenvalue weighted by Crippen LogP contribution is -2.41. The fourth-order valence-electron chi connectivity index (χ4n) is 4.52. The van der Waals surface area contributed by atoms with Crippen LogP contribution >= 0.6 is 62.1 Å². The molecule has 0 N–H and O–H groups in total. The zero-order valence-electron chi connectivity index (χ0n) is 22.4. The fraction of sp³-hybridized carbons (Fsp3) is 0.167. The summed E-state index contributed by atoms with van der Waals surface area (Å²) in [7, 11) is 0. The molecule has 2 heterocycles. The minimum Gasteiger partial charge on any atom is -0.487 e. The van der Waals surface area contributed by atoms with Crippen molar-refractivity contribution in [1.82, 2.24) is 4.57 Å². The van der Waals surface area contributed by atoms with E-state index in [0.717, 1.165) is 21.5 Å². The summed E-state index contributed by atoms with van der Waals surface area (Å²) in [4.78, 5) is 30.5. The van der Waals surface area contributed by atoms with Gasteiger partial charge < -0.3 is 9.47 Å². The smallest absolute Gasteiger partial charge is 0.434 e. The number of nitrogens with zero attached hydrogens (tertiary/aromatic N) is 2. The van der Waals surface area contributed by atoms with Gasteiger partial charge in [0.05, 0.1) is 27.2 Å². The van der Waals surface area contributed by atoms with Crippen molar-refractivity contribution in [2.45, 2.75) is 25.7 Å². The molecule has 14 heteroatoms. The van der Waals surface area contributed by atoms with E-state index in [9.17, 15) is 22.8 Å². The number of fused-ring (bicyclic) bond motifs is 1. The van der Waals surface area contributed by atoms with Crippen LogP contribution in [0.5, 0.6) is 5.75 Å². The van der Waals surface area contributed by atoms with Crippen LogP contribution in [-0.4, -0.2) is 23.3 Å². The molecule has 0 bridgehead atoms. The number of hydrogen-bond acceptors (Lipinski definition) is 6. The van der Waals surface area contributed by atoms with Crippen molar-refractivity contribution < 1.29 is 27.4 Å². The van der Waals surface area contributed by atoms with E-state index in [4.69, 9.17) is 44.3 Å². The van der Waals surface area contributed by atoms with Gasteiger partial charge in [-0.1, -0.05) is 70.4 Å². The Bertz CT molecular complexity index is 1960. The van der Waals surface area contributed by atoms with Crippen LogP contribution in [0, 0.1) is 0 Å². The molecule has 4 aromatic rings. The molecule has 0 aliphatic carbocycles. The standard InChI is InChI=1S/C30H19BrCl3F3N2O4S/c1-2-42-28(41)23-24(16-5-9-19(33)10-6-16)39-27(40)22(44-29(39)38-26(23)30(35,36)37)12-17-11-20(34)13-21(31)25(17)43-14-15-3-7-18(32)8-4-15/h3-13,24H,2,14H2,1H3/b22-12-/t24-/m1/s1. The summed E-state index contributed by atoms with van der Waals surface area (Å²) < 4.78 is 55.7. The Hall–Kier alpha value is -3.09. The number of allylic oxidation sites excluding steroid dienone is 1. The Balaban J connectivity index is 1.71. The topological polar surface area (TPSA) is 69.9 Å². The van der Waals surface area contributed by atoms with Gasteiger partial charge in [0, 0.05) is 20.6 Å². The maximum absolute atomic E-state index is 14.4. The van der Waals surface area contributed by atoms with E-state index < -0.39 is 35.0 Å². The van der Waals surface area contributed by atoms with Crippen LogP contribution < -0.4 is 19.6 Å². The normalized spacial score (nSPS) is 15.2. The summed E-state index contributed by atoms with van der Waals surface area (Å²) in [5.41, 5.74) is -1.53. The van der Waals surface area contributed by atoms with E-state index in [1.54, 1.807) is 36.4 Å². The van der Waals surface area contributed by atoms with Gasteiger partial charge in [-0.15, -0.1) is 0 Å². The van der Waals surface area contributed by atoms with Gasteiger partial charge in [-0.3, -0.25) is 9.36 Å². The van der Waals surface area contributed by atoms with Gasteiger partial charge in [0.2, 0.25) is 0 Å². The first kappa shape index (κ1) is 32.3. The van der Waals surface area contributed by atoms with Gasteiger partial charge >= 0.3 is 12.1 Å². The molecular formula is C30H19BrCl3F3N2O4S. The quantitative estimate of drug-likeness (QED) is 0.183. The number of benzene rings is 3. The highest BCUT2D eigenvalue weighted by Gasteiger charge is 2.45. The number of hydrogen-bond donors (Lipinski definition) is 0. The molecule has 0 radical (unpaired) electrons. The van der Waals surface area contributed by atoms with Gasteiger partial charge in [0.15, 0.2) is 10.5 Å². The summed E-state index contributed by atoms with van der Waals surface area (Å²) in [6.45, 7) is 1.43. The second-order valence-electron chi connectivity index (χ2n) is 9.34. The van der Waals surface area contributed by atoms with Crippen LogP contribution in [0.25, 0.3) is 6.08 Å². The zero-order valence-corrected chi connectivity index (χ0v) is 27.1. The van der Waals surface area contributed by atoms with Crippen LogP contribution in [0.2, 0.25) is 15.1 Å². The maximum Gasteiger partial charge on any atom is 0.434 e. The Morgan fingerprint density at radius 3 is 2.30 bits per heavy atom. The van der Waals surface area contributed by atoms with Gasteiger partial charge in [0.25, 0.3) is 5.56 Å². The third-order valence-electron chi connectivity index (χ3n) is 6.40. The number of rotatable bonds is 7. The first-order valence-corrected chi connectivity index (χ1v) is 15.5. The second-order valence-corrected chi connectivity index (χ2v) is 12.5. The van der Waals surface area contributed by atoms with Crippen molar-refractivity contribution in [3.05, 3.63) is 128 Å². The van der Waals surface area contributed by atoms with Gasteiger partial charge in [0.1, 0.15) is 12.4 Å². The summed E-state index contributed by atoms with van der Waals surface area (Å²) in [6.07, 6.45) is -3.57. The molecule has 1 aliphatic rings. The lowest BCUT2D eigenvalue weighted by Gasteiger charge is -2.26. The van der Waals surface area contributed by atoms with Crippen molar-refractivity contribution >= 4 is 74.1 Å². The number of ether oxygens (including phenoxy) is 2. The minimum atomic E-state index is -5.03. The number of thiazole rings is 1. The van der Waals surface area contributed by atoms with Crippen molar-refractivity contribution in [1.29, 1.82) is 0 Å². The molecule has 0 saturated carbocycles. The number of carbonyl (C=O) groups is 1. The first-order valence-electron chi connectivity index (χ1n) is 12.8. The maximum atomic E-state index is 14.4. The van der Waals surface area contributed by atoms with Crippen molar-refractivity contribution in [2.75, 3.05) is 6.61 Å². The van der Waals surface area contributed by atoms with Crippen LogP contribution in [0.15, 0.2) is 86.2 Å². The molecule has 1 aliphatic heterocycles. The van der Waals surface area contributed by atoms with E-state index in [0.29, 0.717) is 30.9 Å². The minimum absolute atomic E-state index is 0.0276. The van der Waals surface area contributed by atoms with Gasteiger partial charge in [-0.05, 0) is 76.5 Å². The molecule has 0 saturated heterocycles. The molecule has 0 unspecified atom stereocenters. The third-order valence-corrected chi connectivity index (χ3v) is 8.69. The Kier molecular flexibility index (Phi) is 9.62. The Morgan fingerprint density at radius 2 is 1.68 bits per heavy atom. The molecule has 1 aromatic heterocycles. The van der Waals surface area contributed by atoms with Crippen molar-refractivity contribution in [3.8, 4) is 5.75 Å². The third kappa shape index (κ3) is 6.77. The predicted molar refractivity (Wildman–Crippen MR) is 167 cm³/mol. The Morgan fingerprint density at radius 1 is 1.05 bits per heavy atom. The monoisotopic (exact) mass is 744 g/mol. The van der Waals surface area contributed by atoms with Crippen LogP contribution in [-0.2, 0) is 16.1 Å². The molecule has 228 valence electrons. The largest absolute Gasteiger partial charge is 0.487 e. The molecule has 44 heavy (non-hydrogen) atoms. The zero-order chi connectivity index (χ0) is 31.8. The van der Waals surface area contributed by atoms with Crippen LogP contribution in [0.1, 0.15) is 29.7 Å². The van der Waals surface area contributed by atoms with E-state index in [1.807, 2.05) is 0 Å². The average Bonchev–Trinajstić information content (AvgIpc) is 3.27. The van der Waals surface area contributed by atoms with E-state index >= 15 is 0 Å². The molecule has 1 atom stereocenters. The summed E-state index contributed by atoms with van der Waals surface area (Å²) >= 11 is 22.5. The summed E-state index contributed by atoms with van der Waals surface area (Å²) in [5, 5.41) is 1.20. The van der Waals surface area contributed by atoms with E-state index in [-0.39, 0.29) is 28.1 Å². The summed E-state index contributed by atoms with van der Waals surface area (Å²) in [6, 6.07) is 14.5. The highest BCUT2D eigenvalue weighted by Crippen LogP contribution is 2.39. The molecule has 0 spiro atoms. The van der Waals surface area contributed by atoms with Crippen molar-refractivity contribution in [2.24, 2.45) is 4.99 Å². The SMILES string of the molecule is CCOC(=O)C1=C(C(F)(F)F)N=c2s/c(=C\c3cc(Cl)cc(Br)c3OCc3ccc(Cl)cc3)c(=O)n2[C@@H]1c1ccc(Cl)cc1. The lowest BCUT2D eigenvalue weighted by molar-refractivity contribution is -0.140. The number of esters is 1. The van der Waals surface area contributed by atoms with Crippen LogP contribution in [0.3, 0.4) is 0 Å². The first-order chi connectivity index (χ1) is 20.9. The van der Waals surface area contributed by atoms with E-state index in [1.165, 1.54) is 37.3 Å². The van der Waals surface area contributed by atoms with Crippen molar-refractivity contribution in [3.63, 3.8) is 0 Å². The van der Waals surface area contributed by atoms with E-state index in [2.05, 4.69) is 20.9 Å². The number of alkyl halides is 3. The molecule has 0 fully saturated rings. The number of aromatic nitrogens is 1. The average molecular weight is 747 g/mol. The molecular weight excluding hydrogens is 728 g/mol. The predicted octanol–water partition coefficient (Wildman–Crippen LogP) is 7.64. The second kappa shape index (κ2) is 13.1. The molecule has 3 aromatic carbocycles. The fourth-order valence-corrected chi connectivity index (χ4v) is 6.71. The van der Waals surface area contributed by atoms with Crippen LogP contribution in [0.4, 0.5) is 13.2 Å². The number of halogens is 7. The molecule has 5 rings (SSSR count). The Labute approximate surface area is 275 Å². The molecule has 6 nitrogen and oxygen atoms in total. The molecule has 0 amide bonds. The lowest BCUT2D eigenvalue weighted by atomic mass is 9.95. The van der Waals surface area contributed by atoms with Gasteiger partial charge in [-0.25, -0.2) is 9.79 Å². The van der Waals surface area contributed by atoms with Gasteiger partial charge in [-0.2, -0.15) is 13.2 Å². The number of carbonyl (C=O) groups excluding carboxylic acids is 1. The summed E-state index contributed by atoms with van der Waals surface area (Å²) in [5.74, 6) is -0.901. The highest BCUT2D eigenvalue weighted by atomic mass is 79.9. The highest BCUT2D eigenvalue weighted by molar-refractivity contribution is 9.10.